The van der Waals surface area contributed by atoms with E-state index in [9.17, 15) is 22.8 Å². The Morgan fingerprint density at radius 3 is 2.46 bits per heavy atom. The van der Waals surface area contributed by atoms with Crippen molar-refractivity contribution in [1.29, 1.82) is 0 Å². The number of oxime groups is 1. The molecule has 5 nitrogen and oxygen atoms in total. The van der Waals surface area contributed by atoms with Gasteiger partial charge in [-0.2, -0.15) is 13.2 Å². The first kappa shape index (κ1) is 26.3. The first-order valence-electron chi connectivity index (χ1n) is 10.8. The summed E-state index contributed by atoms with van der Waals surface area (Å²) in [6.45, 7) is 0.445. The van der Waals surface area contributed by atoms with E-state index >= 15 is 0 Å². The third-order valence-electron chi connectivity index (χ3n) is 6.01. The Kier molecular flexibility index (Phi) is 7.44. The van der Waals surface area contributed by atoms with Gasteiger partial charge in [0.05, 0.1) is 24.8 Å². The van der Waals surface area contributed by atoms with E-state index < -0.39 is 24.2 Å². The maximum absolute atomic E-state index is 12.9. The van der Waals surface area contributed by atoms with Crippen LogP contribution in [0.15, 0.2) is 17.3 Å². The van der Waals surface area contributed by atoms with Crippen molar-refractivity contribution in [3.63, 3.8) is 0 Å². The van der Waals surface area contributed by atoms with Gasteiger partial charge in [-0.05, 0) is 49.4 Å². The number of nitrogens with zero attached hydrogens (tertiary/aromatic N) is 1. The number of rotatable bonds is 7. The molecule has 0 saturated carbocycles. The van der Waals surface area contributed by atoms with Crippen LogP contribution in [0.5, 0.6) is 0 Å². The molecular formula is C23H20Cl3F3N2O3S. The molecule has 1 unspecified atom stereocenters. The molecule has 0 bridgehead atoms. The largest absolute Gasteiger partial charge is 0.405 e. The summed E-state index contributed by atoms with van der Waals surface area (Å²) >= 11 is 19.7. The van der Waals surface area contributed by atoms with Crippen LogP contribution >= 0.6 is 46.1 Å². The number of amides is 1. The van der Waals surface area contributed by atoms with Crippen molar-refractivity contribution < 1.29 is 27.6 Å². The number of carbonyl (C=O) groups excluding carboxylic acids is 2. The average molecular weight is 568 g/mol. The summed E-state index contributed by atoms with van der Waals surface area (Å²) in [5.74, 6) is -1.08. The summed E-state index contributed by atoms with van der Waals surface area (Å²) in [5, 5.41) is 6.97. The Bertz CT molecular complexity index is 1210. The lowest BCUT2D eigenvalue weighted by molar-refractivity contribution is -0.138. The minimum atomic E-state index is -4.50. The maximum atomic E-state index is 12.9. The number of benzene rings is 1. The monoisotopic (exact) mass is 566 g/mol. The molecule has 1 aromatic carbocycles. The molecule has 0 fully saturated rings. The Labute approximate surface area is 218 Å². The summed E-state index contributed by atoms with van der Waals surface area (Å²) in [5.41, 5.74) is 2.55. The van der Waals surface area contributed by atoms with Crippen LogP contribution in [-0.4, -0.2) is 30.1 Å². The smallest absolute Gasteiger partial charge is 0.384 e. The molecule has 1 atom stereocenters. The molecule has 1 aliphatic carbocycles. The number of halogens is 6. The summed E-state index contributed by atoms with van der Waals surface area (Å²) in [4.78, 5) is 31.8. The van der Waals surface area contributed by atoms with Crippen LogP contribution in [0.2, 0.25) is 15.1 Å². The van der Waals surface area contributed by atoms with Gasteiger partial charge in [-0.3, -0.25) is 9.59 Å². The number of fused-ring (bicyclic) bond motifs is 1. The van der Waals surface area contributed by atoms with Crippen molar-refractivity contribution in [2.75, 3.05) is 6.54 Å². The topological polar surface area (TPSA) is 67.8 Å². The highest BCUT2D eigenvalue weighted by atomic mass is 35.5. The third-order valence-corrected chi connectivity index (χ3v) is 8.57. The van der Waals surface area contributed by atoms with Gasteiger partial charge in [-0.15, -0.1) is 11.3 Å². The van der Waals surface area contributed by atoms with Crippen LogP contribution in [-0.2, 0) is 28.1 Å². The van der Waals surface area contributed by atoms with Crippen LogP contribution < -0.4 is 5.32 Å². The second kappa shape index (κ2) is 9.92. The second-order valence-electron chi connectivity index (χ2n) is 8.68. The number of hydrogen-bond donors (Lipinski definition) is 1. The molecule has 4 rings (SSSR count). The molecule has 12 heteroatoms. The van der Waals surface area contributed by atoms with E-state index in [0.717, 1.165) is 35.3 Å². The molecule has 0 radical (unpaired) electrons. The number of alkyl halides is 3. The normalized spacial score (nSPS) is 19.3. The van der Waals surface area contributed by atoms with Gasteiger partial charge in [0.25, 0.3) is 0 Å². The molecule has 188 valence electrons. The van der Waals surface area contributed by atoms with Crippen LogP contribution in [0.25, 0.3) is 0 Å². The van der Waals surface area contributed by atoms with Gasteiger partial charge in [0.1, 0.15) is 12.3 Å². The van der Waals surface area contributed by atoms with E-state index in [1.165, 1.54) is 11.3 Å². The molecule has 0 saturated heterocycles. The highest BCUT2D eigenvalue weighted by Crippen LogP contribution is 2.44. The molecule has 1 aliphatic heterocycles. The second-order valence-corrected chi connectivity index (χ2v) is 10.9. The molecule has 1 N–H and O–H groups in total. The summed E-state index contributed by atoms with van der Waals surface area (Å²) in [6, 6.07) is 3.37. The minimum absolute atomic E-state index is 0.168. The van der Waals surface area contributed by atoms with E-state index in [1.54, 1.807) is 17.4 Å². The van der Waals surface area contributed by atoms with Gasteiger partial charge in [-0.25, -0.2) is 0 Å². The molecular weight excluding hydrogens is 548 g/mol. The third kappa shape index (κ3) is 5.63. The number of carbonyl (C=O) groups is 2. The minimum Gasteiger partial charge on any atom is -0.384 e. The maximum Gasteiger partial charge on any atom is 0.405 e. The molecule has 2 aliphatic rings. The first-order valence-corrected chi connectivity index (χ1v) is 12.7. The Morgan fingerprint density at radius 1 is 1.14 bits per heavy atom. The zero-order valence-corrected chi connectivity index (χ0v) is 21.5. The highest BCUT2D eigenvalue weighted by Gasteiger charge is 2.40. The fraction of sp³-hybridized carbons (Fsp3) is 0.435. The zero-order valence-electron chi connectivity index (χ0n) is 18.5. The van der Waals surface area contributed by atoms with E-state index in [0.29, 0.717) is 32.6 Å². The fourth-order valence-electron chi connectivity index (χ4n) is 4.23. The van der Waals surface area contributed by atoms with Crippen LogP contribution in [0.3, 0.4) is 0 Å². The summed E-state index contributed by atoms with van der Waals surface area (Å²) in [7, 11) is 0. The standard InChI is InChI=1S/C23H20Cl3F3N2O3S/c1-22(11-7-14(24)19(26)15(25)8-11)9-16(31-34-22)20-12-3-2-4-13(12)21(35-20)17(32)5-6-18(33)30-10-23(27,28)29/h7-8H,2-6,9-10H2,1H3,(H,30,33). The van der Waals surface area contributed by atoms with Gasteiger partial charge in [-0.1, -0.05) is 40.0 Å². The Morgan fingerprint density at radius 2 is 1.80 bits per heavy atom. The molecule has 1 amide bonds. The molecule has 2 heterocycles. The lowest BCUT2D eigenvalue weighted by atomic mass is 9.90. The lowest BCUT2D eigenvalue weighted by Gasteiger charge is -2.22. The molecule has 1 aromatic heterocycles. The van der Waals surface area contributed by atoms with Crippen molar-refractivity contribution in [2.45, 2.75) is 57.2 Å². The average Bonchev–Trinajstić information content (AvgIpc) is 3.49. The summed E-state index contributed by atoms with van der Waals surface area (Å²) < 4.78 is 36.8. The number of ketones is 1. The predicted octanol–water partition coefficient (Wildman–Crippen LogP) is 6.88. The van der Waals surface area contributed by atoms with Crippen LogP contribution in [0.1, 0.15) is 63.8 Å². The SMILES string of the molecule is CC1(c2cc(Cl)c(Cl)c(Cl)c2)CC(c2sc(C(=O)CCC(=O)NCC(F)(F)F)c3c2CCC3)=NO1. The predicted molar refractivity (Wildman–Crippen MR) is 130 cm³/mol. The van der Waals surface area contributed by atoms with Gasteiger partial charge in [0, 0.05) is 24.8 Å². The highest BCUT2D eigenvalue weighted by molar-refractivity contribution is 7.16. The molecule has 35 heavy (non-hydrogen) atoms. The van der Waals surface area contributed by atoms with Gasteiger partial charge >= 0.3 is 6.18 Å². The molecule has 2 aromatic rings. The number of Topliss-reactive ketones (excluding diaryl/α,β-unsaturated/α-hetero) is 1. The number of thiophene rings is 1. The van der Waals surface area contributed by atoms with Crippen molar-refractivity contribution >= 4 is 63.5 Å². The molecule has 0 spiro atoms. The first-order chi connectivity index (χ1) is 16.4. The van der Waals surface area contributed by atoms with E-state index in [2.05, 4.69) is 5.16 Å². The zero-order chi connectivity index (χ0) is 25.5. The van der Waals surface area contributed by atoms with Crippen molar-refractivity contribution in [3.8, 4) is 0 Å². The van der Waals surface area contributed by atoms with Crippen molar-refractivity contribution in [2.24, 2.45) is 5.16 Å². The lowest BCUT2D eigenvalue weighted by Crippen LogP contribution is -2.33. The van der Waals surface area contributed by atoms with Crippen LogP contribution in [0, 0.1) is 0 Å². The van der Waals surface area contributed by atoms with Crippen molar-refractivity contribution in [3.05, 3.63) is 53.6 Å². The van der Waals surface area contributed by atoms with E-state index in [-0.39, 0.29) is 23.6 Å². The fourth-order valence-corrected chi connectivity index (χ4v) is 6.17. The van der Waals surface area contributed by atoms with Crippen LogP contribution in [0.4, 0.5) is 13.2 Å². The van der Waals surface area contributed by atoms with Crippen molar-refractivity contribution in [1.82, 2.24) is 5.32 Å². The number of nitrogens with one attached hydrogen (secondary N) is 1. The van der Waals surface area contributed by atoms with Gasteiger partial charge < -0.3 is 10.2 Å². The van der Waals surface area contributed by atoms with Gasteiger partial charge in [0.2, 0.25) is 5.91 Å². The Balaban J connectivity index is 1.50. The van der Waals surface area contributed by atoms with E-state index in [4.69, 9.17) is 39.6 Å². The summed E-state index contributed by atoms with van der Waals surface area (Å²) in [6.07, 6.45) is -2.16. The van der Waals surface area contributed by atoms with E-state index in [1.807, 2.05) is 6.92 Å². The van der Waals surface area contributed by atoms with Gasteiger partial charge in [0.15, 0.2) is 11.4 Å². The Hall–Kier alpha value is -1.81. The number of hydrogen-bond acceptors (Lipinski definition) is 5. The quantitative estimate of drug-likeness (QED) is 0.293.